The van der Waals surface area contributed by atoms with Crippen LogP contribution in [0.4, 0.5) is 5.69 Å². The summed E-state index contributed by atoms with van der Waals surface area (Å²) in [6.45, 7) is 6.71. The summed E-state index contributed by atoms with van der Waals surface area (Å²) in [7, 11) is 0. The molecular formula is C25H35NO2. The smallest absolute Gasteiger partial charge is 0.119 e. The van der Waals surface area contributed by atoms with Crippen LogP contribution in [-0.2, 0) is 6.54 Å². The summed E-state index contributed by atoms with van der Waals surface area (Å²) < 4.78 is 11.7. The largest absolute Gasteiger partial charge is 0.494 e. The summed E-state index contributed by atoms with van der Waals surface area (Å²) in [5.74, 6) is 3.32. The van der Waals surface area contributed by atoms with Gasteiger partial charge in [0.25, 0.3) is 0 Å². The maximum atomic E-state index is 5.94. The maximum Gasteiger partial charge on any atom is 0.119 e. The fraction of sp³-hybridized carbons (Fsp3) is 0.520. The minimum Gasteiger partial charge on any atom is -0.494 e. The number of benzene rings is 2. The van der Waals surface area contributed by atoms with Crippen molar-refractivity contribution < 1.29 is 9.47 Å². The Morgan fingerprint density at radius 1 is 0.857 bits per heavy atom. The molecule has 0 radical (unpaired) electrons. The van der Waals surface area contributed by atoms with Crippen molar-refractivity contribution in [1.82, 2.24) is 0 Å². The van der Waals surface area contributed by atoms with E-state index in [1.54, 1.807) is 0 Å². The zero-order chi connectivity index (χ0) is 19.6. The summed E-state index contributed by atoms with van der Waals surface area (Å²) in [5, 5.41) is 3.47. The van der Waals surface area contributed by atoms with E-state index in [9.17, 15) is 0 Å². The molecule has 0 bridgehead atoms. The number of rotatable bonds is 10. The molecule has 2 aromatic rings. The lowest BCUT2D eigenvalue weighted by molar-refractivity contribution is 0.246. The normalized spacial score (nSPS) is 14.8. The quantitative estimate of drug-likeness (QED) is 0.498. The molecule has 0 spiro atoms. The Kier molecular flexibility index (Phi) is 8.07. The lowest BCUT2D eigenvalue weighted by Gasteiger charge is -2.21. The number of anilines is 1. The molecule has 0 unspecified atom stereocenters. The first-order valence-electron chi connectivity index (χ1n) is 10.9. The number of ether oxygens (including phenoxy) is 2. The molecule has 0 aliphatic heterocycles. The predicted molar refractivity (Wildman–Crippen MR) is 117 cm³/mol. The van der Waals surface area contributed by atoms with Crippen molar-refractivity contribution in [2.75, 3.05) is 18.5 Å². The average molecular weight is 382 g/mol. The van der Waals surface area contributed by atoms with Crippen molar-refractivity contribution in [2.45, 2.75) is 58.9 Å². The van der Waals surface area contributed by atoms with Gasteiger partial charge in [-0.25, -0.2) is 0 Å². The van der Waals surface area contributed by atoms with Gasteiger partial charge in [0, 0.05) is 12.2 Å². The van der Waals surface area contributed by atoms with Gasteiger partial charge >= 0.3 is 0 Å². The van der Waals surface area contributed by atoms with Crippen molar-refractivity contribution in [3.8, 4) is 11.5 Å². The second-order valence-corrected chi connectivity index (χ2v) is 8.37. The van der Waals surface area contributed by atoms with Crippen LogP contribution in [0.25, 0.3) is 0 Å². The second kappa shape index (κ2) is 11.0. The second-order valence-electron chi connectivity index (χ2n) is 8.37. The lowest BCUT2D eigenvalue weighted by Crippen LogP contribution is -2.10. The van der Waals surface area contributed by atoms with E-state index in [2.05, 4.69) is 55.6 Å². The van der Waals surface area contributed by atoms with Crippen LogP contribution in [-0.4, -0.2) is 13.2 Å². The van der Waals surface area contributed by atoms with Crippen LogP contribution in [0.1, 0.15) is 57.9 Å². The summed E-state index contributed by atoms with van der Waals surface area (Å²) >= 11 is 0. The number of nitrogens with one attached hydrogen (secondary N) is 1. The van der Waals surface area contributed by atoms with Crippen molar-refractivity contribution >= 4 is 5.69 Å². The first-order valence-corrected chi connectivity index (χ1v) is 10.9. The Balaban J connectivity index is 1.37. The fourth-order valence-corrected chi connectivity index (χ4v) is 3.66. The van der Waals surface area contributed by atoms with Gasteiger partial charge in [-0.3, -0.25) is 0 Å². The van der Waals surface area contributed by atoms with Crippen LogP contribution in [0, 0.1) is 11.8 Å². The van der Waals surface area contributed by atoms with Crippen LogP contribution in [0.2, 0.25) is 0 Å². The summed E-state index contributed by atoms with van der Waals surface area (Å²) in [4.78, 5) is 0. The van der Waals surface area contributed by atoms with Crippen molar-refractivity contribution in [1.29, 1.82) is 0 Å². The maximum absolute atomic E-state index is 5.94. The van der Waals surface area contributed by atoms with Gasteiger partial charge in [0.05, 0.1) is 13.2 Å². The van der Waals surface area contributed by atoms with Crippen molar-refractivity contribution in [3.05, 3.63) is 54.1 Å². The van der Waals surface area contributed by atoms with Crippen LogP contribution >= 0.6 is 0 Å². The third-order valence-electron chi connectivity index (χ3n) is 5.38. The standard InChI is InChI=1S/C25H35NO2/c1-20(2)19-28-25-12-8-22(9-13-25)18-26-23-10-14-24(15-11-23)27-17-16-21-6-4-3-5-7-21/h8-15,20-21,26H,3-7,16-19H2,1-2H3. The Morgan fingerprint density at radius 2 is 1.50 bits per heavy atom. The highest BCUT2D eigenvalue weighted by molar-refractivity contribution is 5.47. The van der Waals surface area contributed by atoms with Crippen LogP contribution in [0.5, 0.6) is 11.5 Å². The summed E-state index contributed by atoms with van der Waals surface area (Å²) in [6, 6.07) is 16.6. The first kappa shape index (κ1) is 20.6. The van der Waals surface area contributed by atoms with Gasteiger partial charge in [-0.1, -0.05) is 58.1 Å². The SMILES string of the molecule is CC(C)COc1ccc(CNc2ccc(OCCC3CCCCC3)cc2)cc1. The molecule has 3 heteroatoms. The first-order chi connectivity index (χ1) is 13.7. The molecule has 3 nitrogen and oxygen atoms in total. The monoisotopic (exact) mass is 381 g/mol. The van der Waals surface area contributed by atoms with E-state index in [4.69, 9.17) is 9.47 Å². The summed E-state index contributed by atoms with van der Waals surface area (Å²) in [6.07, 6.45) is 8.18. The van der Waals surface area contributed by atoms with E-state index in [1.165, 1.54) is 44.1 Å². The molecular weight excluding hydrogens is 346 g/mol. The van der Waals surface area contributed by atoms with Gasteiger partial charge in [0.1, 0.15) is 11.5 Å². The molecule has 28 heavy (non-hydrogen) atoms. The van der Waals surface area contributed by atoms with Gasteiger partial charge in [0.15, 0.2) is 0 Å². The number of hydrogen-bond acceptors (Lipinski definition) is 3. The zero-order valence-electron chi connectivity index (χ0n) is 17.5. The highest BCUT2D eigenvalue weighted by Crippen LogP contribution is 2.26. The molecule has 1 aliphatic carbocycles. The zero-order valence-corrected chi connectivity index (χ0v) is 17.5. The van der Waals surface area contributed by atoms with E-state index in [-0.39, 0.29) is 0 Å². The molecule has 1 saturated carbocycles. The molecule has 0 aromatic heterocycles. The molecule has 0 amide bonds. The topological polar surface area (TPSA) is 30.5 Å². The Morgan fingerprint density at radius 3 is 2.18 bits per heavy atom. The predicted octanol–water partition coefficient (Wildman–Crippen LogP) is 6.68. The van der Waals surface area contributed by atoms with Crippen molar-refractivity contribution in [3.63, 3.8) is 0 Å². The van der Waals surface area contributed by atoms with E-state index in [0.717, 1.165) is 42.9 Å². The van der Waals surface area contributed by atoms with Gasteiger partial charge in [-0.2, -0.15) is 0 Å². The lowest BCUT2D eigenvalue weighted by atomic mass is 9.87. The molecule has 3 rings (SSSR count). The highest BCUT2D eigenvalue weighted by atomic mass is 16.5. The molecule has 1 aliphatic rings. The van der Waals surface area contributed by atoms with Gasteiger partial charge in [-0.05, 0) is 60.2 Å². The average Bonchev–Trinajstić information content (AvgIpc) is 2.73. The van der Waals surface area contributed by atoms with Crippen molar-refractivity contribution in [2.24, 2.45) is 11.8 Å². The van der Waals surface area contributed by atoms with Crippen LogP contribution < -0.4 is 14.8 Å². The molecule has 1 N–H and O–H groups in total. The Bertz CT molecular complexity index is 673. The van der Waals surface area contributed by atoms with E-state index in [0.29, 0.717) is 5.92 Å². The van der Waals surface area contributed by atoms with E-state index in [1.807, 2.05) is 12.1 Å². The molecule has 2 aromatic carbocycles. The molecule has 152 valence electrons. The van der Waals surface area contributed by atoms with Gasteiger partial charge in [0.2, 0.25) is 0 Å². The molecule has 0 heterocycles. The van der Waals surface area contributed by atoms with Gasteiger partial charge in [-0.15, -0.1) is 0 Å². The summed E-state index contributed by atoms with van der Waals surface area (Å²) in [5.41, 5.74) is 2.35. The minimum absolute atomic E-state index is 0.542. The minimum atomic E-state index is 0.542. The number of hydrogen-bond donors (Lipinski definition) is 1. The van der Waals surface area contributed by atoms with Gasteiger partial charge < -0.3 is 14.8 Å². The molecule has 0 saturated heterocycles. The highest BCUT2D eigenvalue weighted by Gasteiger charge is 2.13. The van der Waals surface area contributed by atoms with E-state index >= 15 is 0 Å². The van der Waals surface area contributed by atoms with Crippen LogP contribution in [0.3, 0.4) is 0 Å². The Labute approximate surface area is 170 Å². The molecule has 1 fully saturated rings. The fourth-order valence-electron chi connectivity index (χ4n) is 3.66. The molecule has 0 atom stereocenters. The third-order valence-corrected chi connectivity index (χ3v) is 5.38. The van der Waals surface area contributed by atoms with E-state index < -0.39 is 0 Å². The van der Waals surface area contributed by atoms with Crippen LogP contribution in [0.15, 0.2) is 48.5 Å². The third kappa shape index (κ3) is 7.10. The Hall–Kier alpha value is -2.16.